The van der Waals surface area contributed by atoms with Crippen molar-refractivity contribution in [3.8, 4) is 11.5 Å². The third kappa shape index (κ3) is 10.4. The molecule has 168 valence electrons. The highest BCUT2D eigenvalue weighted by molar-refractivity contribution is 14.0. The second-order valence-electron chi connectivity index (χ2n) is 7.50. The molecule has 0 aliphatic rings. The molecule has 0 aliphatic heterocycles. The Kier molecular flexibility index (Phi) is 14.9. The monoisotopic (exact) mass is 520 g/mol. The Hall–Kier alpha value is -1.22. The molecule has 7 heteroatoms. The molecule has 29 heavy (non-hydrogen) atoms. The van der Waals surface area contributed by atoms with Crippen LogP contribution in [-0.4, -0.2) is 63.8 Å². The number of methoxy groups -OCH3 is 2. The highest BCUT2D eigenvalue weighted by atomic mass is 127. The second-order valence-corrected chi connectivity index (χ2v) is 7.50. The van der Waals surface area contributed by atoms with Crippen molar-refractivity contribution < 1.29 is 9.47 Å². The number of hydrogen-bond donors (Lipinski definition) is 2. The predicted octanol–water partition coefficient (Wildman–Crippen LogP) is 3.93. The van der Waals surface area contributed by atoms with E-state index in [2.05, 4.69) is 54.3 Å². The van der Waals surface area contributed by atoms with Crippen molar-refractivity contribution in [3.63, 3.8) is 0 Å². The fourth-order valence-electron chi connectivity index (χ4n) is 3.34. The average molecular weight is 521 g/mol. The molecular weight excluding hydrogens is 479 g/mol. The normalized spacial score (nSPS) is 11.6. The fraction of sp³-hybridized carbons (Fsp3) is 0.682. The molecule has 0 fully saturated rings. The van der Waals surface area contributed by atoms with E-state index in [0.717, 1.165) is 56.4 Å². The topological polar surface area (TPSA) is 58.1 Å². The van der Waals surface area contributed by atoms with Crippen LogP contribution in [0.1, 0.15) is 46.1 Å². The minimum atomic E-state index is 0. The third-order valence-electron chi connectivity index (χ3n) is 4.82. The minimum absolute atomic E-state index is 0. The van der Waals surface area contributed by atoms with Crippen LogP contribution >= 0.6 is 24.0 Å². The van der Waals surface area contributed by atoms with Gasteiger partial charge in [0.2, 0.25) is 0 Å². The number of halogens is 1. The summed E-state index contributed by atoms with van der Waals surface area (Å²) in [5.41, 5.74) is 1.24. The van der Waals surface area contributed by atoms with E-state index in [1.165, 1.54) is 5.56 Å². The number of guanidine groups is 1. The quantitative estimate of drug-likeness (QED) is 0.189. The van der Waals surface area contributed by atoms with Crippen LogP contribution in [0.25, 0.3) is 0 Å². The van der Waals surface area contributed by atoms with Crippen LogP contribution in [0.3, 0.4) is 0 Å². The lowest BCUT2D eigenvalue weighted by Gasteiger charge is -2.30. The van der Waals surface area contributed by atoms with Gasteiger partial charge < -0.3 is 20.1 Å². The van der Waals surface area contributed by atoms with Gasteiger partial charge in [0.05, 0.1) is 14.2 Å². The Bertz CT molecular complexity index is 586. The van der Waals surface area contributed by atoms with Crippen LogP contribution in [0.4, 0.5) is 0 Å². The maximum Gasteiger partial charge on any atom is 0.190 e. The van der Waals surface area contributed by atoms with Gasteiger partial charge in [-0.05, 0) is 64.7 Å². The van der Waals surface area contributed by atoms with Gasteiger partial charge in [-0.15, -0.1) is 24.0 Å². The Balaban J connectivity index is 0.00000784. The summed E-state index contributed by atoms with van der Waals surface area (Å²) in [6.07, 6.45) is 3.09. The summed E-state index contributed by atoms with van der Waals surface area (Å²) in [6, 6.07) is 7.24. The molecule has 0 aromatic heterocycles. The van der Waals surface area contributed by atoms with Gasteiger partial charge in [-0.2, -0.15) is 0 Å². The molecule has 0 bridgehead atoms. The summed E-state index contributed by atoms with van der Waals surface area (Å²) in [5.74, 6) is 2.41. The second kappa shape index (κ2) is 15.6. The number of ether oxygens (including phenoxy) is 2. The summed E-state index contributed by atoms with van der Waals surface area (Å²) >= 11 is 0. The van der Waals surface area contributed by atoms with E-state index < -0.39 is 0 Å². The van der Waals surface area contributed by atoms with Crippen molar-refractivity contribution in [2.75, 3.05) is 40.9 Å². The molecule has 0 saturated heterocycles. The number of rotatable bonds is 12. The first kappa shape index (κ1) is 27.8. The smallest absolute Gasteiger partial charge is 0.190 e. The van der Waals surface area contributed by atoms with E-state index >= 15 is 0 Å². The van der Waals surface area contributed by atoms with Gasteiger partial charge in [-0.25, -0.2) is 0 Å². The molecule has 1 rings (SSSR count). The van der Waals surface area contributed by atoms with Crippen LogP contribution in [0.15, 0.2) is 23.2 Å². The van der Waals surface area contributed by atoms with Crippen LogP contribution in [0.5, 0.6) is 11.5 Å². The molecule has 1 aromatic rings. The first-order valence-corrected chi connectivity index (χ1v) is 10.3. The van der Waals surface area contributed by atoms with Crippen LogP contribution in [-0.2, 0) is 6.42 Å². The highest BCUT2D eigenvalue weighted by Crippen LogP contribution is 2.27. The predicted molar refractivity (Wildman–Crippen MR) is 134 cm³/mol. The lowest BCUT2D eigenvalue weighted by Crippen LogP contribution is -2.41. The average Bonchev–Trinajstić information content (AvgIpc) is 2.68. The summed E-state index contributed by atoms with van der Waals surface area (Å²) in [5, 5.41) is 6.80. The Morgan fingerprint density at radius 3 is 2.07 bits per heavy atom. The van der Waals surface area contributed by atoms with E-state index in [1.807, 2.05) is 19.2 Å². The van der Waals surface area contributed by atoms with Gasteiger partial charge in [0.1, 0.15) is 0 Å². The summed E-state index contributed by atoms with van der Waals surface area (Å²) in [4.78, 5) is 6.83. The largest absolute Gasteiger partial charge is 0.493 e. The van der Waals surface area contributed by atoms with Gasteiger partial charge >= 0.3 is 0 Å². The van der Waals surface area contributed by atoms with E-state index in [1.54, 1.807) is 14.2 Å². The zero-order valence-corrected chi connectivity index (χ0v) is 21.6. The van der Waals surface area contributed by atoms with Gasteiger partial charge in [-0.1, -0.05) is 6.07 Å². The standard InChI is InChI=1S/C22H40N4O2.HI/c1-17(2)26(18(3)4)15-9-14-25-22(23-5)24-13-8-10-19-11-12-20(27-6)21(16-19)28-7;/h11-12,16-18H,8-10,13-15H2,1-7H3,(H2,23,24,25);1H. The molecule has 1 aromatic carbocycles. The van der Waals surface area contributed by atoms with Gasteiger partial charge in [0.15, 0.2) is 17.5 Å². The van der Waals surface area contributed by atoms with Crippen molar-refractivity contribution in [1.82, 2.24) is 15.5 Å². The fourth-order valence-corrected chi connectivity index (χ4v) is 3.34. The summed E-state index contributed by atoms with van der Waals surface area (Å²) in [6.45, 7) is 11.9. The van der Waals surface area contributed by atoms with Gasteiger partial charge in [0, 0.05) is 38.8 Å². The number of aliphatic imine (C=N–C) groups is 1. The molecule has 0 aliphatic carbocycles. The Labute approximate surface area is 194 Å². The lowest BCUT2D eigenvalue weighted by atomic mass is 10.1. The molecule has 6 nitrogen and oxygen atoms in total. The van der Waals surface area contributed by atoms with E-state index in [4.69, 9.17) is 9.47 Å². The molecule has 0 spiro atoms. The van der Waals surface area contributed by atoms with E-state index in [0.29, 0.717) is 12.1 Å². The lowest BCUT2D eigenvalue weighted by molar-refractivity contribution is 0.173. The first-order chi connectivity index (χ1) is 13.4. The molecule has 0 heterocycles. The minimum Gasteiger partial charge on any atom is -0.493 e. The van der Waals surface area contributed by atoms with Crippen molar-refractivity contribution in [2.24, 2.45) is 4.99 Å². The Morgan fingerprint density at radius 2 is 1.55 bits per heavy atom. The zero-order chi connectivity index (χ0) is 20.9. The van der Waals surface area contributed by atoms with E-state index in [9.17, 15) is 0 Å². The molecule has 0 unspecified atom stereocenters. The first-order valence-electron chi connectivity index (χ1n) is 10.3. The number of nitrogens with one attached hydrogen (secondary N) is 2. The molecule has 2 N–H and O–H groups in total. The number of nitrogens with zero attached hydrogens (tertiary/aromatic N) is 2. The molecule has 0 saturated carbocycles. The number of benzene rings is 1. The maximum absolute atomic E-state index is 5.37. The molecule has 0 radical (unpaired) electrons. The van der Waals surface area contributed by atoms with Crippen molar-refractivity contribution >= 4 is 29.9 Å². The van der Waals surface area contributed by atoms with E-state index in [-0.39, 0.29) is 24.0 Å². The maximum atomic E-state index is 5.37. The zero-order valence-electron chi connectivity index (χ0n) is 19.2. The Morgan fingerprint density at radius 1 is 0.966 bits per heavy atom. The van der Waals surface area contributed by atoms with Crippen LogP contribution < -0.4 is 20.1 Å². The van der Waals surface area contributed by atoms with Gasteiger partial charge in [0.25, 0.3) is 0 Å². The summed E-state index contributed by atoms with van der Waals surface area (Å²) < 4.78 is 10.7. The van der Waals surface area contributed by atoms with Crippen molar-refractivity contribution in [2.45, 2.75) is 59.0 Å². The highest BCUT2D eigenvalue weighted by Gasteiger charge is 2.12. The van der Waals surface area contributed by atoms with Crippen LogP contribution in [0.2, 0.25) is 0 Å². The van der Waals surface area contributed by atoms with Gasteiger partial charge in [-0.3, -0.25) is 9.89 Å². The molecule has 0 amide bonds. The molecular formula is C22H41IN4O2. The molecule has 0 atom stereocenters. The van der Waals surface area contributed by atoms with Crippen molar-refractivity contribution in [1.29, 1.82) is 0 Å². The SMILES string of the molecule is CN=C(NCCCc1ccc(OC)c(OC)c1)NCCCN(C(C)C)C(C)C.I. The summed E-state index contributed by atoms with van der Waals surface area (Å²) in [7, 11) is 5.14. The number of aryl methyl sites for hydroxylation is 1. The van der Waals surface area contributed by atoms with Crippen molar-refractivity contribution in [3.05, 3.63) is 23.8 Å². The number of hydrogen-bond acceptors (Lipinski definition) is 4. The third-order valence-corrected chi connectivity index (χ3v) is 4.82. The van der Waals surface area contributed by atoms with Crippen LogP contribution in [0, 0.1) is 0 Å².